The van der Waals surface area contributed by atoms with Gasteiger partial charge in [0.05, 0.1) is 22.4 Å². The first kappa shape index (κ1) is 23.7. The number of thiophene rings is 1. The number of hydrogen-bond acceptors (Lipinski definition) is 5. The molecule has 2 aromatic carbocycles. The van der Waals surface area contributed by atoms with Gasteiger partial charge in [-0.3, -0.25) is 9.69 Å². The fourth-order valence-electron chi connectivity index (χ4n) is 3.32. The van der Waals surface area contributed by atoms with Gasteiger partial charge in [-0.1, -0.05) is 32.0 Å². The summed E-state index contributed by atoms with van der Waals surface area (Å²) < 4.78 is 20.6. The number of carboxylic acid groups (broad SMARTS) is 1. The molecule has 1 aliphatic heterocycles. The molecule has 2 aromatic heterocycles. The lowest BCUT2D eigenvalue weighted by molar-refractivity contribution is -0.122. The van der Waals surface area contributed by atoms with Gasteiger partial charge in [-0.2, -0.15) is 0 Å². The van der Waals surface area contributed by atoms with Crippen LogP contribution in [0.5, 0.6) is 11.5 Å². The molecule has 0 fully saturated rings. The maximum absolute atomic E-state index is 15.0. The third-order valence-electron chi connectivity index (χ3n) is 4.56. The van der Waals surface area contributed by atoms with Crippen molar-refractivity contribution in [3.8, 4) is 11.5 Å². The van der Waals surface area contributed by atoms with Crippen LogP contribution in [-0.2, 0) is 4.79 Å². The van der Waals surface area contributed by atoms with Crippen molar-refractivity contribution in [2.45, 2.75) is 20.8 Å². The molecule has 1 aliphatic rings. The zero-order valence-corrected chi connectivity index (χ0v) is 19.0. The second-order valence-electron chi connectivity index (χ2n) is 6.44. The fraction of sp³-hybridized carbons (Fsp3) is 0.125. The molecule has 0 radical (unpaired) electrons. The van der Waals surface area contributed by atoms with Gasteiger partial charge >= 0.3 is 6.03 Å². The molecule has 0 saturated heterocycles. The Morgan fingerprint density at radius 1 is 1.09 bits per heavy atom. The van der Waals surface area contributed by atoms with E-state index in [2.05, 4.69) is 10.3 Å². The summed E-state index contributed by atoms with van der Waals surface area (Å²) in [6, 6.07) is 14.9. The number of amides is 2. The summed E-state index contributed by atoms with van der Waals surface area (Å²) in [5, 5.41) is 10.6. The summed E-state index contributed by atoms with van der Waals surface area (Å²) in [4.78, 5) is 28.6. The van der Waals surface area contributed by atoms with E-state index in [0.29, 0.717) is 17.2 Å². The molecular formula is C24H22FN3O4S. The minimum atomic E-state index is -0.552. The van der Waals surface area contributed by atoms with Gasteiger partial charge in [-0.15, -0.1) is 11.3 Å². The van der Waals surface area contributed by atoms with Crippen molar-refractivity contribution in [1.29, 1.82) is 0 Å². The zero-order chi connectivity index (χ0) is 24.0. The first-order valence-electron chi connectivity index (χ1n) is 10.1. The molecule has 5 rings (SSSR count). The third-order valence-corrected chi connectivity index (χ3v) is 5.57. The summed E-state index contributed by atoms with van der Waals surface area (Å²) in [6.07, 6.45) is 1.63. The zero-order valence-electron chi connectivity index (χ0n) is 18.2. The average molecular weight is 468 g/mol. The first-order chi connectivity index (χ1) is 16.0. The average Bonchev–Trinajstić information content (AvgIpc) is 3.14. The Bertz CT molecular complexity index is 1280. The highest BCUT2D eigenvalue weighted by molar-refractivity contribution is 7.19. The molecule has 3 heterocycles. The van der Waals surface area contributed by atoms with Gasteiger partial charge in [0.25, 0.3) is 6.47 Å². The number of halogens is 1. The Morgan fingerprint density at radius 2 is 1.79 bits per heavy atom. The summed E-state index contributed by atoms with van der Waals surface area (Å²) in [6.45, 7) is 5.68. The van der Waals surface area contributed by atoms with Gasteiger partial charge < -0.3 is 15.2 Å². The van der Waals surface area contributed by atoms with Crippen LogP contribution in [0.25, 0.3) is 10.2 Å². The van der Waals surface area contributed by atoms with Crippen molar-refractivity contribution in [2.75, 3.05) is 10.2 Å². The minimum absolute atomic E-state index is 0.153. The molecule has 9 heteroatoms. The van der Waals surface area contributed by atoms with Crippen LogP contribution >= 0.6 is 11.3 Å². The molecule has 33 heavy (non-hydrogen) atoms. The quantitative estimate of drug-likeness (QED) is 0.318. The first-order valence-corrected chi connectivity index (χ1v) is 10.9. The van der Waals surface area contributed by atoms with E-state index in [1.165, 1.54) is 22.3 Å². The molecule has 2 amide bonds. The number of para-hydroxylation sites is 1. The molecule has 0 spiro atoms. The summed E-state index contributed by atoms with van der Waals surface area (Å²) >= 11 is 1.50. The van der Waals surface area contributed by atoms with Crippen LogP contribution in [0.3, 0.4) is 0 Å². The second-order valence-corrected chi connectivity index (χ2v) is 7.65. The highest BCUT2D eigenvalue weighted by atomic mass is 32.1. The molecule has 0 aliphatic carbocycles. The van der Waals surface area contributed by atoms with Gasteiger partial charge in [-0.05, 0) is 37.3 Å². The predicted molar refractivity (Wildman–Crippen MR) is 128 cm³/mol. The molecule has 4 aromatic rings. The predicted octanol–water partition coefficient (Wildman–Crippen LogP) is 6.95. The molecule has 0 unspecified atom stereocenters. The van der Waals surface area contributed by atoms with E-state index in [9.17, 15) is 9.18 Å². The van der Waals surface area contributed by atoms with Crippen molar-refractivity contribution in [2.24, 2.45) is 0 Å². The van der Waals surface area contributed by atoms with E-state index in [1.54, 1.807) is 36.5 Å². The summed E-state index contributed by atoms with van der Waals surface area (Å²) in [5.41, 5.74) is 1.51. The molecule has 0 bridgehead atoms. The Labute approximate surface area is 194 Å². The van der Waals surface area contributed by atoms with Gasteiger partial charge in [0, 0.05) is 17.1 Å². The topological polar surface area (TPSA) is 91.8 Å². The molecule has 0 saturated carbocycles. The summed E-state index contributed by atoms with van der Waals surface area (Å²) in [7, 11) is 0. The van der Waals surface area contributed by atoms with Crippen LogP contribution in [0.2, 0.25) is 0 Å². The second kappa shape index (κ2) is 10.6. The van der Waals surface area contributed by atoms with Gasteiger partial charge in [0.1, 0.15) is 16.3 Å². The Kier molecular flexibility index (Phi) is 7.57. The maximum Gasteiger partial charge on any atom is 0.331 e. The van der Waals surface area contributed by atoms with E-state index in [-0.39, 0.29) is 12.2 Å². The van der Waals surface area contributed by atoms with E-state index in [1.807, 2.05) is 39.0 Å². The number of carbonyl (C=O) groups is 2. The van der Waals surface area contributed by atoms with Gasteiger partial charge in [-0.25, -0.2) is 14.2 Å². The van der Waals surface area contributed by atoms with Crippen molar-refractivity contribution in [3.05, 3.63) is 71.5 Å². The summed E-state index contributed by atoms with van der Waals surface area (Å²) in [5.74, 6) is 0.417. The number of nitrogens with zero attached hydrogens (tertiary/aromatic N) is 2. The molecular weight excluding hydrogens is 445 g/mol. The van der Waals surface area contributed by atoms with E-state index < -0.39 is 11.8 Å². The van der Waals surface area contributed by atoms with E-state index >= 15 is 0 Å². The number of benzene rings is 2. The number of pyridine rings is 1. The lowest BCUT2D eigenvalue weighted by atomic mass is 10.1. The molecule has 170 valence electrons. The number of rotatable bonds is 3. The molecule has 2 N–H and O–H groups in total. The van der Waals surface area contributed by atoms with Gasteiger partial charge in [0.2, 0.25) is 0 Å². The fourth-order valence-corrected chi connectivity index (χ4v) is 4.29. The monoisotopic (exact) mass is 467 g/mol. The minimum Gasteiger partial charge on any atom is -0.483 e. The number of carbonyl (C=O) groups excluding carboxylic acids is 1. The van der Waals surface area contributed by atoms with Crippen LogP contribution in [0.4, 0.5) is 26.2 Å². The van der Waals surface area contributed by atoms with Crippen LogP contribution in [-0.4, -0.2) is 22.6 Å². The SMILES string of the molecule is CC.Cc1sc2nccc3c2c1NC(=O)N3c1ccc(Oc2ccccc2)cc1F.O=CO. The van der Waals surface area contributed by atoms with Crippen LogP contribution < -0.4 is 15.0 Å². The molecule has 0 atom stereocenters. The highest BCUT2D eigenvalue weighted by Gasteiger charge is 2.31. The maximum atomic E-state index is 15.0. The number of aromatic nitrogens is 1. The van der Waals surface area contributed by atoms with Crippen molar-refractivity contribution < 1.29 is 23.8 Å². The highest BCUT2D eigenvalue weighted by Crippen LogP contribution is 2.45. The number of anilines is 3. The number of nitrogens with one attached hydrogen (secondary N) is 1. The largest absolute Gasteiger partial charge is 0.483 e. The van der Waals surface area contributed by atoms with Crippen molar-refractivity contribution in [1.82, 2.24) is 4.98 Å². The van der Waals surface area contributed by atoms with Gasteiger partial charge in [0.15, 0.2) is 5.82 Å². The Morgan fingerprint density at radius 3 is 2.45 bits per heavy atom. The number of hydrogen-bond donors (Lipinski definition) is 2. The van der Waals surface area contributed by atoms with E-state index in [4.69, 9.17) is 14.6 Å². The Hall–Kier alpha value is -3.98. The number of aryl methyl sites for hydroxylation is 1. The van der Waals surface area contributed by atoms with Crippen LogP contribution in [0.15, 0.2) is 60.8 Å². The van der Waals surface area contributed by atoms with Crippen LogP contribution in [0, 0.1) is 12.7 Å². The van der Waals surface area contributed by atoms with Crippen LogP contribution in [0.1, 0.15) is 18.7 Å². The van der Waals surface area contributed by atoms with Crippen molar-refractivity contribution in [3.63, 3.8) is 0 Å². The lowest BCUT2D eigenvalue weighted by Crippen LogP contribution is -2.34. The number of urea groups is 1. The Balaban J connectivity index is 0.000000569. The molecule has 7 nitrogen and oxygen atoms in total. The standard InChI is InChI=1S/C21H14FN3O2S.C2H6.CH2O2/c1-12-19-18-17(9-10-23-20(18)28-12)25(21(26)24-19)16-8-7-14(11-15(16)22)27-13-5-3-2-4-6-13;1-2;2-1-3/h2-11H,1H3,(H,24,26);1-2H3;1H,(H,2,3). The van der Waals surface area contributed by atoms with Crippen molar-refractivity contribution >= 4 is 51.1 Å². The smallest absolute Gasteiger partial charge is 0.331 e. The third kappa shape index (κ3) is 4.78. The van der Waals surface area contributed by atoms with E-state index in [0.717, 1.165) is 20.8 Å². The lowest BCUT2D eigenvalue weighted by Gasteiger charge is -2.28. The number of ether oxygens (including phenoxy) is 1. The normalized spacial score (nSPS) is 11.5.